The molecule has 2 N–H and O–H groups in total. The van der Waals surface area contributed by atoms with Crippen molar-refractivity contribution in [3.8, 4) is 44.9 Å². The summed E-state index contributed by atoms with van der Waals surface area (Å²) in [6.45, 7) is 4.23. The van der Waals surface area contributed by atoms with Crippen LogP contribution in [0.1, 0.15) is 36.0 Å². The van der Waals surface area contributed by atoms with Crippen molar-refractivity contribution in [1.29, 1.82) is 0 Å². The zero-order valence-corrected chi connectivity index (χ0v) is 32.4. The predicted octanol–water partition coefficient (Wildman–Crippen LogP) is 14.0. The van der Waals surface area contributed by atoms with Gasteiger partial charge in [-0.2, -0.15) is 11.8 Å². The van der Waals surface area contributed by atoms with E-state index in [1.807, 2.05) is 23.5 Å². The van der Waals surface area contributed by atoms with Crippen LogP contribution in [0.5, 0.6) is 11.5 Å². The molecule has 0 fully saturated rings. The number of aryl methyl sites for hydroxylation is 2. The Kier molecular flexibility index (Phi) is 10.7. The third-order valence-electron chi connectivity index (χ3n) is 10.4. The summed E-state index contributed by atoms with van der Waals surface area (Å²) in [5, 5.41) is 28.5. The fourth-order valence-electron chi connectivity index (χ4n) is 7.77. The highest BCUT2D eigenvalue weighted by Crippen LogP contribution is 2.46. The zero-order valence-electron chi connectivity index (χ0n) is 30.8. The molecule has 0 saturated heterocycles. The number of benzene rings is 7. The molecular weight excluding hydrogens is 697 g/mol. The Bertz CT molecular complexity index is 2540. The lowest BCUT2D eigenvalue weighted by atomic mass is 9.89. The summed E-state index contributed by atoms with van der Waals surface area (Å²) >= 11 is 3.87. The summed E-state index contributed by atoms with van der Waals surface area (Å²) in [7, 11) is 0. The van der Waals surface area contributed by atoms with E-state index in [-0.39, 0.29) is 5.25 Å². The first-order chi connectivity index (χ1) is 26.5. The van der Waals surface area contributed by atoms with Gasteiger partial charge in [-0.05, 0) is 130 Å². The maximum atomic E-state index is 11.8. The topological polar surface area (TPSA) is 40.5 Å². The van der Waals surface area contributed by atoms with E-state index in [0.717, 1.165) is 97.0 Å². The number of phenolic OH excluding ortho intramolecular Hbond substituents is 2. The van der Waals surface area contributed by atoms with Gasteiger partial charge in [-0.15, -0.1) is 11.8 Å². The van der Waals surface area contributed by atoms with Crippen molar-refractivity contribution in [2.45, 2.75) is 43.3 Å². The molecule has 1 aliphatic carbocycles. The smallest absolute Gasteiger partial charge is 0.131 e. The molecule has 0 aromatic heterocycles. The van der Waals surface area contributed by atoms with Crippen molar-refractivity contribution in [2.75, 3.05) is 11.5 Å². The first-order valence-corrected chi connectivity index (χ1v) is 20.8. The van der Waals surface area contributed by atoms with Crippen molar-refractivity contribution < 1.29 is 10.2 Å². The number of aromatic hydroxyl groups is 2. The van der Waals surface area contributed by atoms with Gasteiger partial charge in [0.25, 0.3) is 0 Å². The van der Waals surface area contributed by atoms with Gasteiger partial charge in [-0.1, -0.05) is 121 Å². The fourth-order valence-corrected chi connectivity index (χ4v) is 10.1. The minimum atomic E-state index is 0.289. The highest BCUT2D eigenvalue weighted by molar-refractivity contribution is 8.00. The Hall–Kier alpha value is -5.16. The van der Waals surface area contributed by atoms with Gasteiger partial charge >= 0.3 is 0 Å². The predicted molar refractivity (Wildman–Crippen MR) is 235 cm³/mol. The number of phenols is 2. The zero-order chi connectivity index (χ0) is 37.0. The molecule has 0 bridgehead atoms. The SMILES string of the molecule is Cc1cc(C2=CC=CCC2SCCCCSc2ccccc2-c2cc(C)cc(-c3cccc4ccccc34)c2O)c(O)c(-c2cccc3ccccc23)c1. The van der Waals surface area contributed by atoms with E-state index in [9.17, 15) is 10.2 Å². The molecule has 0 radical (unpaired) electrons. The van der Waals surface area contributed by atoms with E-state index in [0.29, 0.717) is 11.5 Å². The maximum absolute atomic E-state index is 11.8. The molecule has 0 aliphatic heterocycles. The third-order valence-corrected chi connectivity index (χ3v) is 12.9. The first-order valence-electron chi connectivity index (χ1n) is 18.8. The Morgan fingerprint density at radius 1 is 0.537 bits per heavy atom. The van der Waals surface area contributed by atoms with Crippen LogP contribution in [0.15, 0.2) is 157 Å². The van der Waals surface area contributed by atoms with E-state index < -0.39 is 0 Å². The van der Waals surface area contributed by atoms with Crippen LogP contribution in [-0.2, 0) is 0 Å². The van der Waals surface area contributed by atoms with Crippen LogP contribution < -0.4 is 0 Å². The van der Waals surface area contributed by atoms with Crippen molar-refractivity contribution in [2.24, 2.45) is 0 Å². The number of unbranched alkanes of at least 4 members (excludes halogenated alkanes) is 1. The van der Waals surface area contributed by atoms with Gasteiger partial charge in [0.05, 0.1) is 0 Å². The monoisotopic (exact) mass is 740 g/mol. The number of rotatable bonds is 11. The van der Waals surface area contributed by atoms with Crippen LogP contribution in [0.4, 0.5) is 0 Å². The van der Waals surface area contributed by atoms with E-state index in [1.165, 1.54) is 15.9 Å². The van der Waals surface area contributed by atoms with Crippen molar-refractivity contribution in [1.82, 2.24) is 0 Å². The molecule has 0 spiro atoms. The number of fused-ring (bicyclic) bond motifs is 2. The standard InChI is InChI=1S/C50H44O2S2/c1-33-29-43(39-23-13-17-35-15-3-5-19-37(35)39)49(51)45(31-33)41-21-7-9-25-47(41)53-27-11-12-28-54-48-26-10-8-22-42(48)46-32-34(2)30-44(50(46)52)40-24-14-18-36-16-4-6-20-38(36)40/h3-10,13-25,29-32,48,51-52H,11-12,26-28H2,1-2H3. The molecule has 2 nitrogen and oxygen atoms in total. The molecule has 0 saturated carbocycles. The van der Waals surface area contributed by atoms with Crippen molar-refractivity contribution in [3.05, 3.63) is 168 Å². The van der Waals surface area contributed by atoms with Crippen LogP contribution in [0, 0.1) is 13.8 Å². The van der Waals surface area contributed by atoms with Gasteiger partial charge in [-0.3, -0.25) is 0 Å². The van der Waals surface area contributed by atoms with Crippen molar-refractivity contribution >= 4 is 50.6 Å². The Labute approximate surface area is 327 Å². The molecule has 0 heterocycles. The fraction of sp³-hybridized carbons (Fsp3) is 0.160. The summed E-state index contributed by atoms with van der Waals surface area (Å²) in [5.41, 5.74) is 10.2. The molecule has 1 aliphatic rings. The maximum Gasteiger partial charge on any atom is 0.131 e. The van der Waals surface area contributed by atoms with Gasteiger partial charge in [-0.25, -0.2) is 0 Å². The molecule has 1 unspecified atom stereocenters. The van der Waals surface area contributed by atoms with E-state index in [1.54, 1.807) is 0 Å². The average molecular weight is 741 g/mol. The lowest BCUT2D eigenvalue weighted by Gasteiger charge is -2.24. The van der Waals surface area contributed by atoms with E-state index >= 15 is 0 Å². The lowest BCUT2D eigenvalue weighted by Crippen LogP contribution is -2.09. The molecule has 7 aromatic carbocycles. The van der Waals surface area contributed by atoms with Gasteiger partial charge in [0.2, 0.25) is 0 Å². The van der Waals surface area contributed by atoms with Gasteiger partial charge in [0.1, 0.15) is 11.5 Å². The lowest BCUT2D eigenvalue weighted by molar-refractivity contribution is 0.475. The summed E-state index contributed by atoms with van der Waals surface area (Å²) in [6.07, 6.45) is 9.73. The van der Waals surface area contributed by atoms with Gasteiger partial charge in [0.15, 0.2) is 0 Å². The number of thioether (sulfide) groups is 2. The normalized spacial score (nSPS) is 14.1. The Balaban J connectivity index is 0.943. The van der Waals surface area contributed by atoms with Crippen LogP contribution >= 0.6 is 23.5 Å². The molecule has 1 atom stereocenters. The third kappa shape index (κ3) is 7.33. The molecular formula is C50H44O2S2. The van der Waals surface area contributed by atoms with E-state index in [2.05, 4.69) is 166 Å². The summed E-state index contributed by atoms with van der Waals surface area (Å²) in [4.78, 5) is 1.19. The molecule has 54 heavy (non-hydrogen) atoms. The Morgan fingerprint density at radius 3 is 1.70 bits per heavy atom. The number of allylic oxidation sites excluding steroid dienone is 3. The molecule has 8 rings (SSSR count). The highest BCUT2D eigenvalue weighted by atomic mass is 32.2. The van der Waals surface area contributed by atoms with Crippen LogP contribution in [-0.4, -0.2) is 27.0 Å². The second-order valence-electron chi connectivity index (χ2n) is 14.2. The highest BCUT2D eigenvalue weighted by Gasteiger charge is 2.23. The summed E-state index contributed by atoms with van der Waals surface area (Å²) in [6, 6.07) is 46.3. The molecule has 268 valence electrons. The number of hydrogen-bond acceptors (Lipinski definition) is 4. The second-order valence-corrected chi connectivity index (χ2v) is 16.6. The Morgan fingerprint density at radius 2 is 1.04 bits per heavy atom. The van der Waals surface area contributed by atoms with Gasteiger partial charge in [0, 0.05) is 32.4 Å². The minimum Gasteiger partial charge on any atom is -0.507 e. The van der Waals surface area contributed by atoms with Crippen LogP contribution in [0.3, 0.4) is 0 Å². The molecule has 7 aromatic rings. The minimum absolute atomic E-state index is 0.289. The van der Waals surface area contributed by atoms with Crippen LogP contribution in [0.25, 0.3) is 60.5 Å². The van der Waals surface area contributed by atoms with Crippen molar-refractivity contribution in [3.63, 3.8) is 0 Å². The second kappa shape index (κ2) is 16.1. The number of hydrogen-bond donors (Lipinski definition) is 2. The first kappa shape index (κ1) is 35.8. The summed E-state index contributed by atoms with van der Waals surface area (Å²) < 4.78 is 0. The average Bonchev–Trinajstić information content (AvgIpc) is 3.20. The molecule has 0 amide bonds. The quantitative estimate of drug-likeness (QED) is 0.102. The molecule has 4 heteroatoms. The largest absolute Gasteiger partial charge is 0.507 e. The van der Waals surface area contributed by atoms with E-state index in [4.69, 9.17) is 0 Å². The summed E-state index contributed by atoms with van der Waals surface area (Å²) in [5.74, 6) is 2.74. The van der Waals surface area contributed by atoms with Gasteiger partial charge < -0.3 is 10.2 Å². The van der Waals surface area contributed by atoms with Crippen LogP contribution in [0.2, 0.25) is 0 Å².